The van der Waals surface area contributed by atoms with E-state index in [9.17, 15) is 48.7 Å². The van der Waals surface area contributed by atoms with E-state index < -0.39 is 61.0 Å². The van der Waals surface area contributed by atoms with E-state index in [4.69, 9.17) is 0 Å². The molecule has 270 valence electrons. The number of rotatable bonds is 17. The highest BCUT2D eigenvalue weighted by molar-refractivity contribution is 5.69. The molecule has 0 N–H and O–H groups in total. The smallest absolute Gasteiger partial charge is 0.460 e. The highest BCUT2D eigenvalue weighted by Gasteiger charge is 2.81. The summed E-state index contributed by atoms with van der Waals surface area (Å²) in [7, 11) is 0. The highest BCUT2D eigenvalue weighted by Crippen LogP contribution is 2.54. The van der Waals surface area contributed by atoms with Crippen molar-refractivity contribution < 1.29 is 57.8 Å². The fourth-order valence-corrected chi connectivity index (χ4v) is 6.07. The fourth-order valence-electron chi connectivity index (χ4n) is 6.07. The first kappa shape index (κ1) is 39.6. The molecule has 1 saturated carbocycles. The van der Waals surface area contributed by atoms with Gasteiger partial charge in [-0.25, -0.2) is 8.78 Å². The maximum absolute atomic E-state index is 15.1. The third kappa shape index (κ3) is 9.86. The van der Waals surface area contributed by atoms with Crippen LogP contribution in [0.4, 0.5) is 48.3 Å². The van der Waals surface area contributed by atoms with Gasteiger partial charge in [-0.2, -0.15) is 39.5 Å². The van der Waals surface area contributed by atoms with Gasteiger partial charge in [-0.1, -0.05) is 94.7 Å². The van der Waals surface area contributed by atoms with E-state index in [2.05, 4.69) is 11.7 Å². The molecular formula is C35H41F11O2. The van der Waals surface area contributed by atoms with Gasteiger partial charge in [-0.3, -0.25) is 4.79 Å². The molecule has 0 unspecified atom stereocenters. The van der Waals surface area contributed by atoms with E-state index in [-0.39, 0.29) is 18.4 Å². The zero-order valence-electron chi connectivity index (χ0n) is 26.7. The van der Waals surface area contributed by atoms with Crippen molar-refractivity contribution in [2.75, 3.05) is 6.61 Å². The van der Waals surface area contributed by atoms with Crippen molar-refractivity contribution in [3.8, 4) is 11.1 Å². The molecule has 0 aromatic heterocycles. The maximum Gasteiger partial charge on any atom is 0.460 e. The van der Waals surface area contributed by atoms with Crippen LogP contribution in [0.15, 0.2) is 36.4 Å². The zero-order chi connectivity index (χ0) is 35.8. The minimum Gasteiger partial charge on any atom is -0.465 e. The molecule has 2 aromatic carbocycles. The average molecular weight is 703 g/mol. The lowest BCUT2D eigenvalue weighted by Crippen LogP contribution is -2.61. The summed E-state index contributed by atoms with van der Waals surface area (Å²) in [5, 5.41) is 0. The number of esters is 1. The van der Waals surface area contributed by atoms with Crippen molar-refractivity contribution in [1.82, 2.24) is 0 Å². The van der Waals surface area contributed by atoms with Gasteiger partial charge in [-0.15, -0.1) is 0 Å². The molecule has 2 aromatic rings. The molecule has 13 heteroatoms. The standard InChI is InChI=1S/C35H41F11O2/c1-2-3-4-6-23-9-11-25(12-10-23)15-18-27-19-20-28(31(37)30(27)36)26-16-13-24(14-17-26)7-5-8-29(47)48-22-21-32(38,39)33(40,41)34(42,43)35(44,45)46/h13-14,16-17,19-20,23,25H,2-12,15,18,21-22H2,1H3. The first-order valence-electron chi connectivity index (χ1n) is 16.3. The van der Waals surface area contributed by atoms with Gasteiger partial charge in [0, 0.05) is 12.0 Å². The molecule has 1 fully saturated rings. The first-order valence-corrected chi connectivity index (χ1v) is 16.3. The van der Waals surface area contributed by atoms with E-state index in [0.717, 1.165) is 25.2 Å². The second-order valence-corrected chi connectivity index (χ2v) is 12.7. The Morgan fingerprint density at radius 3 is 1.92 bits per heavy atom. The van der Waals surface area contributed by atoms with Crippen LogP contribution in [0.5, 0.6) is 0 Å². The molecule has 0 heterocycles. The van der Waals surface area contributed by atoms with Gasteiger partial charge in [0.1, 0.15) is 0 Å². The Bertz CT molecular complexity index is 1320. The molecule has 0 saturated heterocycles. The molecule has 0 spiro atoms. The Labute approximate surface area is 273 Å². The molecule has 0 amide bonds. The summed E-state index contributed by atoms with van der Waals surface area (Å²) in [6.45, 7) is 0.684. The summed E-state index contributed by atoms with van der Waals surface area (Å²) >= 11 is 0. The summed E-state index contributed by atoms with van der Waals surface area (Å²) in [6, 6.07) is 9.46. The molecule has 3 rings (SSSR count). The number of halogens is 11. The lowest BCUT2D eigenvalue weighted by molar-refractivity contribution is -0.397. The molecule has 2 nitrogen and oxygen atoms in total. The predicted molar refractivity (Wildman–Crippen MR) is 159 cm³/mol. The van der Waals surface area contributed by atoms with E-state index in [1.807, 2.05) is 0 Å². The molecule has 0 radical (unpaired) electrons. The van der Waals surface area contributed by atoms with Crippen molar-refractivity contribution in [1.29, 1.82) is 0 Å². The van der Waals surface area contributed by atoms with Crippen LogP contribution in [0.25, 0.3) is 11.1 Å². The van der Waals surface area contributed by atoms with Crippen LogP contribution in [0.3, 0.4) is 0 Å². The SMILES string of the molecule is CCCCCC1CCC(CCc2ccc(-c3ccc(CCCC(=O)OCCC(F)(F)C(F)(F)C(F)(F)C(F)(F)F)cc3)c(F)c2F)CC1. The number of benzene rings is 2. The number of ether oxygens (including phenoxy) is 1. The number of unbranched alkanes of at least 4 members (excludes halogenated alkanes) is 2. The van der Waals surface area contributed by atoms with Crippen molar-refractivity contribution in [2.45, 2.75) is 121 Å². The monoisotopic (exact) mass is 702 g/mol. The van der Waals surface area contributed by atoms with Gasteiger partial charge >= 0.3 is 29.9 Å². The van der Waals surface area contributed by atoms with Crippen LogP contribution in [0.2, 0.25) is 0 Å². The highest BCUT2D eigenvalue weighted by atomic mass is 19.4. The minimum atomic E-state index is -7.00. The lowest BCUT2D eigenvalue weighted by atomic mass is 9.77. The van der Waals surface area contributed by atoms with E-state index in [0.29, 0.717) is 29.0 Å². The molecule has 48 heavy (non-hydrogen) atoms. The number of hydrogen-bond acceptors (Lipinski definition) is 2. The Hall–Kier alpha value is -2.86. The van der Waals surface area contributed by atoms with Gasteiger partial charge < -0.3 is 4.74 Å². The number of hydrogen-bond donors (Lipinski definition) is 0. The van der Waals surface area contributed by atoms with Crippen LogP contribution in [0.1, 0.15) is 95.1 Å². The molecule has 1 aliphatic rings. The van der Waals surface area contributed by atoms with E-state index >= 15 is 4.39 Å². The maximum atomic E-state index is 15.1. The van der Waals surface area contributed by atoms with Gasteiger partial charge in [-0.05, 0) is 54.2 Å². The van der Waals surface area contributed by atoms with Crippen molar-refractivity contribution in [3.63, 3.8) is 0 Å². The van der Waals surface area contributed by atoms with Gasteiger partial charge in [0.25, 0.3) is 0 Å². The van der Waals surface area contributed by atoms with Crippen LogP contribution in [-0.4, -0.2) is 36.5 Å². The molecule has 0 bridgehead atoms. The topological polar surface area (TPSA) is 26.3 Å². The van der Waals surface area contributed by atoms with E-state index in [1.165, 1.54) is 44.6 Å². The zero-order valence-corrected chi connectivity index (χ0v) is 26.7. The lowest BCUT2D eigenvalue weighted by Gasteiger charge is -2.33. The fraction of sp³-hybridized carbons (Fsp3) is 0.629. The van der Waals surface area contributed by atoms with Crippen LogP contribution >= 0.6 is 0 Å². The van der Waals surface area contributed by atoms with E-state index in [1.54, 1.807) is 30.3 Å². The van der Waals surface area contributed by atoms with Crippen molar-refractivity contribution >= 4 is 5.97 Å². The van der Waals surface area contributed by atoms with Crippen molar-refractivity contribution in [2.24, 2.45) is 11.8 Å². The number of alkyl halides is 9. The van der Waals surface area contributed by atoms with Crippen LogP contribution in [0, 0.1) is 23.5 Å². The summed E-state index contributed by atoms with van der Waals surface area (Å²) in [6.07, 6.45) is 1.63. The molecular weight excluding hydrogens is 661 g/mol. The Balaban J connectivity index is 1.44. The summed E-state index contributed by atoms with van der Waals surface area (Å²) in [5.41, 5.74) is 1.48. The number of carbonyl (C=O) groups is 1. The molecule has 0 atom stereocenters. The summed E-state index contributed by atoms with van der Waals surface area (Å²) in [5.74, 6) is -21.3. The first-order chi connectivity index (χ1) is 22.4. The number of carbonyl (C=O) groups excluding carboxylic acids is 1. The third-order valence-electron chi connectivity index (χ3n) is 9.17. The van der Waals surface area contributed by atoms with Crippen molar-refractivity contribution in [3.05, 3.63) is 59.2 Å². The van der Waals surface area contributed by atoms with Crippen LogP contribution in [-0.2, 0) is 22.4 Å². The largest absolute Gasteiger partial charge is 0.465 e. The second-order valence-electron chi connectivity index (χ2n) is 12.7. The normalized spacial score (nSPS) is 17.8. The average Bonchev–Trinajstić information content (AvgIpc) is 3.02. The Kier molecular flexibility index (Phi) is 13.8. The number of aryl methyl sites for hydroxylation is 2. The minimum absolute atomic E-state index is 0.0781. The van der Waals surface area contributed by atoms with Gasteiger partial charge in [0.05, 0.1) is 13.0 Å². The van der Waals surface area contributed by atoms with Crippen LogP contribution < -0.4 is 0 Å². The second kappa shape index (κ2) is 16.7. The van der Waals surface area contributed by atoms with Gasteiger partial charge in [0.15, 0.2) is 11.6 Å². The molecule has 1 aliphatic carbocycles. The Morgan fingerprint density at radius 2 is 1.33 bits per heavy atom. The predicted octanol–water partition coefficient (Wildman–Crippen LogP) is 11.7. The third-order valence-corrected chi connectivity index (χ3v) is 9.17. The summed E-state index contributed by atoms with van der Waals surface area (Å²) < 4.78 is 151. The van der Waals surface area contributed by atoms with Gasteiger partial charge in [0.2, 0.25) is 0 Å². The quantitative estimate of drug-likeness (QED) is 0.0932. The molecule has 0 aliphatic heterocycles. The Morgan fingerprint density at radius 1 is 0.729 bits per heavy atom. The summed E-state index contributed by atoms with van der Waals surface area (Å²) in [4.78, 5) is 11.8.